The number of para-hydroxylation sites is 1. The Kier molecular flexibility index (Phi) is 6.48. The highest BCUT2D eigenvalue weighted by Crippen LogP contribution is 2.29. The van der Waals surface area contributed by atoms with Crippen molar-refractivity contribution in [3.8, 4) is 28.6 Å². The molecule has 2 aromatic carbocycles. The number of benzene rings is 2. The number of anilines is 1. The summed E-state index contributed by atoms with van der Waals surface area (Å²) in [7, 11) is 1.54. The van der Waals surface area contributed by atoms with Gasteiger partial charge < -0.3 is 15.2 Å². The van der Waals surface area contributed by atoms with Gasteiger partial charge in [-0.25, -0.2) is 10.1 Å². The molecule has 0 unspecified atom stereocenters. The molecule has 3 N–H and O–H groups in total. The smallest absolute Gasteiger partial charge is 0.294 e. The molecule has 0 aliphatic rings. The fourth-order valence-corrected chi connectivity index (χ4v) is 3.24. The van der Waals surface area contributed by atoms with Crippen LogP contribution in [0.25, 0.3) is 17.1 Å². The van der Waals surface area contributed by atoms with Gasteiger partial charge in [-0.2, -0.15) is 9.78 Å². The Balaban J connectivity index is 1.72. The molecule has 0 atom stereocenters. The summed E-state index contributed by atoms with van der Waals surface area (Å²) in [5, 5.41) is 19.7. The molecule has 4 aromatic rings. The number of amides is 1. The van der Waals surface area contributed by atoms with E-state index >= 15 is 0 Å². The predicted octanol–water partition coefficient (Wildman–Crippen LogP) is 2.46. The summed E-state index contributed by atoms with van der Waals surface area (Å²) in [5.41, 5.74) is 10.6. The second-order valence-electron chi connectivity index (χ2n) is 6.97. The van der Waals surface area contributed by atoms with Crippen molar-refractivity contribution < 1.29 is 18.9 Å². The third-order valence-corrected chi connectivity index (χ3v) is 4.83. The molecular weight excluding hydrogens is 440 g/mol. The minimum absolute atomic E-state index is 0.00898. The normalized spacial score (nSPS) is 11.3. The minimum Gasteiger partial charge on any atom is -0.497 e. The zero-order valence-corrected chi connectivity index (χ0v) is 18.7. The van der Waals surface area contributed by atoms with Crippen molar-refractivity contribution in [1.29, 1.82) is 0 Å². The summed E-state index contributed by atoms with van der Waals surface area (Å²) < 4.78 is 16.9. The number of rotatable bonds is 8. The standard InChI is InChI=1S/C22H22N8O4/c1-4-33-17-11-6-5-10-16(17)13(2)24-26-22(31)18-19(14-8-7-9-15(12-14)32-3)30(29-25-18)21-20(23)27-34-28-21/h5-12H,4H2,1-3H3,(H2,23,27)(H,26,31)/b24-13-. The van der Waals surface area contributed by atoms with Crippen LogP contribution in [-0.4, -0.2) is 50.6 Å². The lowest BCUT2D eigenvalue weighted by molar-refractivity contribution is 0.0950. The lowest BCUT2D eigenvalue weighted by Gasteiger charge is -2.10. The zero-order chi connectivity index (χ0) is 24.1. The Labute approximate surface area is 194 Å². The van der Waals surface area contributed by atoms with E-state index in [2.05, 4.69) is 31.2 Å². The average molecular weight is 462 g/mol. The van der Waals surface area contributed by atoms with Crippen LogP contribution >= 0.6 is 0 Å². The van der Waals surface area contributed by atoms with Gasteiger partial charge in [0.1, 0.15) is 17.2 Å². The van der Waals surface area contributed by atoms with Gasteiger partial charge in [0, 0.05) is 11.1 Å². The number of hydrazone groups is 1. The van der Waals surface area contributed by atoms with E-state index in [0.717, 1.165) is 5.56 Å². The number of aromatic nitrogens is 5. The largest absolute Gasteiger partial charge is 0.497 e. The van der Waals surface area contributed by atoms with E-state index in [4.69, 9.17) is 19.8 Å². The van der Waals surface area contributed by atoms with Crippen LogP contribution in [0.15, 0.2) is 58.3 Å². The van der Waals surface area contributed by atoms with Crippen molar-refractivity contribution in [1.82, 2.24) is 30.7 Å². The van der Waals surface area contributed by atoms with Gasteiger partial charge in [0.05, 0.1) is 19.4 Å². The minimum atomic E-state index is -0.590. The van der Waals surface area contributed by atoms with Crippen LogP contribution in [0, 0.1) is 0 Å². The maximum atomic E-state index is 13.1. The number of carbonyl (C=O) groups is 1. The van der Waals surface area contributed by atoms with E-state index in [1.165, 1.54) is 4.68 Å². The van der Waals surface area contributed by atoms with Crippen molar-refractivity contribution in [2.75, 3.05) is 19.5 Å². The molecule has 0 saturated carbocycles. The summed E-state index contributed by atoms with van der Waals surface area (Å²) in [6.07, 6.45) is 0. The molecule has 12 nitrogen and oxygen atoms in total. The Morgan fingerprint density at radius 3 is 2.76 bits per heavy atom. The van der Waals surface area contributed by atoms with E-state index in [-0.39, 0.29) is 17.3 Å². The Hall–Kier alpha value is -4.74. The molecule has 12 heteroatoms. The van der Waals surface area contributed by atoms with E-state index < -0.39 is 5.91 Å². The quantitative estimate of drug-likeness (QED) is 0.297. The van der Waals surface area contributed by atoms with Crippen LogP contribution in [0.3, 0.4) is 0 Å². The zero-order valence-electron chi connectivity index (χ0n) is 18.7. The van der Waals surface area contributed by atoms with E-state index in [1.54, 1.807) is 38.3 Å². The monoisotopic (exact) mass is 462 g/mol. The molecule has 4 rings (SSSR count). The van der Waals surface area contributed by atoms with Crippen LogP contribution in [0.5, 0.6) is 11.5 Å². The third-order valence-electron chi connectivity index (χ3n) is 4.83. The molecule has 0 bridgehead atoms. The Bertz CT molecular complexity index is 1340. The maximum absolute atomic E-state index is 13.1. The first-order chi connectivity index (χ1) is 16.5. The van der Waals surface area contributed by atoms with Gasteiger partial charge in [0.25, 0.3) is 5.91 Å². The Morgan fingerprint density at radius 1 is 1.21 bits per heavy atom. The number of carbonyl (C=O) groups excluding carboxylic acids is 1. The number of nitrogen functional groups attached to an aromatic ring is 1. The number of nitrogens with one attached hydrogen (secondary N) is 1. The van der Waals surface area contributed by atoms with Crippen LogP contribution in [0.4, 0.5) is 5.82 Å². The van der Waals surface area contributed by atoms with Crippen molar-refractivity contribution in [3.63, 3.8) is 0 Å². The number of nitrogens with two attached hydrogens (primary N) is 1. The van der Waals surface area contributed by atoms with Crippen molar-refractivity contribution in [3.05, 3.63) is 59.8 Å². The first-order valence-electron chi connectivity index (χ1n) is 10.3. The topological polar surface area (TPSA) is 156 Å². The second-order valence-corrected chi connectivity index (χ2v) is 6.97. The first kappa shape index (κ1) is 22.5. The van der Waals surface area contributed by atoms with Gasteiger partial charge in [0.2, 0.25) is 11.6 Å². The first-order valence-corrected chi connectivity index (χ1v) is 10.3. The summed E-state index contributed by atoms with van der Waals surface area (Å²) >= 11 is 0. The van der Waals surface area contributed by atoms with Gasteiger partial charge >= 0.3 is 0 Å². The molecule has 0 radical (unpaired) electrons. The number of ether oxygens (including phenoxy) is 2. The molecule has 2 aromatic heterocycles. The van der Waals surface area contributed by atoms with E-state index in [0.29, 0.717) is 35.1 Å². The van der Waals surface area contributed by atoms with Crippen molar-refractivity contribution >= 4 is 17.4 Å². The third kappa shape index (κ3) is 4.41. The van der Waals surface area contributed by atoms with Crippen LogP contribution in [0.1, 0.15) is 29.9 Å². The predicted molar refractivity (Wildman–Crippen MR) is 123 cm³/mol. The van der Waals surface area contributed by atoms with Crippen molar-refractivity contribution in [2.24, 2.45) is 5.10 Å². The van der Waals surface area contributed by atoms with Crippen LogP contribution in [0.2, 0.25) is 0 Å². The highest BCUT2D eigenvalue weighted by molar-refractivity contribution is 6.03. The SMILES string of the molecule is CCOc1ccccc1/C(C)=N\NC(=O)c1nnn(-c2nonc2N)c1-c1cccc(OC)c1. The summed E-state index contributed by atoms with van der Waals surface area (Å²) in [6.45, 7) is 4.16. The lowest BCUT2D eigenvalue weighted by Crippen LogP contribution is -2.21. The average Bonchev–Trinajstić information content (AvgIpc) is 3.49. The van der Waals surface area contributed by atoms with E-state index in [1.807, 2.05) is 31.2 Å². The molecule has 1 amide bonds. The fourth-order valence-electron chi connectivity index (χ4n) is 3.24. The molecule has 0 fully saturated rings. The summed E-state index contributed by atoms with van der Waals surface area (Å²) in [4.78, 5) is 13.1. The molecular formula is C22H22N8O4. The lowest BCUT2D eigenvalue weighted by atomic mass is 10.1. The van der Waals surface area contributed by atoms with Gasteiger partial charge in [-0.15, -0.1) is 5.10 Å². The molecule has 34 heavy (non-hydrogen) atoms. The molecule has 0 spiro atoms. The maximum Gasteiger partial charge on any atom is 0.294 e. The molecule has 2 heterocycles. The molecule has 0 saturated heterocycles. The number of methoxy groups -OCH3 is 1. The second kappa shape index (κ2) is 9.81. The van der Waals surface area contributed by atoms with Gasteiger partial charge in [-0.3, -0.25) is 4.79 Å². The number of nitrogens with zero attached hydrogens (tertiary/aromatic N) is 6. The van der Waals surface area contributed by atoms with Crippen molar-refractivity contribution in [2.45, 2.75) is 13.8 Å². The highest BCUT2D eigenvalue weighted by Gasteiger charge is 2.25. The van der Waals surface area contributed by atoms with E-state index in [9.17, 15) is 4.79 Å². The molecule has 174 valence electrons. The van der Waals surface area contributed by atoms with Crippen LogP contribution < -0.4 is 20.6 Å². The summed E-state index contributed by atoms with van der Waals surface area (Å²) in [6, 6.07) is 14.5. The molecule has 0 aliphatic heterocycles. The van der Waals surface area contributed by atoms with Gasteiger partial charge in [0.15, 0.2) is 5.69 Å². The van der Waals surface area contributed by atoms with Crippen LogP contribution in [-0.2, 0) is 0 Å². The number of hydrogen-bond donors (Lipinski definition) is 2. The molecule has 0 aliphatic carbocycles. The highest BCUT2D eigenvalue weighted by atomic mass is 16.6. The Morgan fingerprint density at radius 2 is 2.03 bits per heavy atom. The van der Waals surface area contributed by atoms with Gasteiger partial charge in [-0.1, -0.05) is 29.5 Å². The number of hydrogen-bond acceptors (Lipinski definition) is 10. The van der Waals surface area contributed by atoms with Gasteiger partial charge in [-0.05, 0) is 48.4 Å². The fraction of sp³-hybridized carbons (Fsp3) is 0.182. The summed E-state index contributed by atoms with van der Waals surface area (Å²) in [5.74, 6) is 0.728.